The lowest BCUT2D eigenvalue weighted by Gasteiger charge is -2.31. The second kappa shape index (κ2) is 8.91. The molecule has 1 heterocycles. The van der Waals surface area contributed by atoms with E-state index in [4.69, 9.17) is 0 Å². The third-order valence-corrected chi connectivity index (χ3v) is 7.09. The summed E-state index contributed by atoms with van der Waals surface area (Å²) in [6, 6.07) is 8.55. The summed E-state index contributed by atoms with van der Waals surface area (Å²) < 4.78 is 12.4. The van der Waals surface area contributed by atoms with Crippen LogP contribution in [0.3, 0.4) is 0 Å². The lowest BCUT2D eigenvalue weighted by Crippen LogP contribution is -2.40. The van der Waals surface area contributed by atoms with Crippen molar-refractivity contribution in [3.8, 4) is 10.6 Å². The average molecular weight is 391 g/mol. The van der Waals surface area contributed by atoms with Gasteiger partial charge in [-0.05, 0) is 19.8 Å². The van der Waals surface area contributed by atoms with Gasteiger partial charge in [0, 0.05) is 34.8 Å². The van der Waals surface area contributed by atoms with Crippen molar-refractivity contribution in [3.63, 3.8) is 0 Å². The molecule has 6 heteroatoms. The number of aryl methyl sites for hydroxylation is 1. The van der Waals surface area contributed by atoms with Crippen LogP contribution in [0.15, 0.2) is 29.6 Å². The van der Waals surface area contributed by atoms with E-state index < -0.39 is 10.8 Å². The van der Waals surface area contributed by atoms with Gasteiger partial charge in [-0.25, -0.2) is 4.98 Å². The summed E-state index contributed by atoms with van der Waals surface area (Å²) in [5.41, 5.74) is 3.09. The molecule has 0 spiro atoms. The monoisotopic (exact) mass is 390 g/mol. The molecule has 0 aliphatic heterocycles. The number of carbonyl (C=O) groups is 1. The maximum atomic E-state index is 12.4. The highest BCUT2D eigenvalue weighted by molar-refractivity contribution is 7.84. The third kappa shape index (κ3) is 5.01. The molecule has 2 aromatic rings. The van der Waals surface area contributed by atoms with Crippen molar-refractivity contribution < 1.29 is 9.00 Å². The van der Waals surface area contributed by atoms with Crippen LogP contribution >= 0.6 is 11.3 Å². The van der Waals surface area contributed by atoms with Gasteiger partial charge in [0.1, 0.15) is 10.8 Å². The van der Waals surface area contributed by atoms with Crippen LogP contribution in [0.2, 0.25) is 0 Å². The Morgan fingerprint density at radius 2 is 1.92 bits per heavy atom. The molecular formula is C20H26N2O2S2. The Bertz CT molecular complexity index is 764. The minimum absolute atomic E-state index is 0.00998. The van der Waals surface area contributed by atoms with Crippen LogP contribution in [-0.2, 0) is 21.3 Å². The van der Waals surface area contributed by atoms with E-state index in [0.717, 1.165) is 29.1 Å². The minimum atomic E-state index is -1.22. The molecule has 1 aromatic heterocycles. The molecule has 1 aliphatic carbocycles. The van der Waals surface area contributed by atoms with Gasteiger partial charge in [-0.2, -0.15) is 0 Å². The van der Waals surface area contributed by atoms with E-state index in [1.54, 1.807) is 11.3 Å². The molecule has 0 saturated heterocycles. The Labute approximate surface area is 162 Å². The fourth-order valence-electron chi connectivity index (χ4n) is 3.33. The van der Waals surface area contributed by atoms with Crippen LogP contribution in [0.25, 0.3) is 10.6 Å². The van der Waals surface area contributed by atoms with E-state index in [1.807, 2.05) is 17.3 Å². The van der Waals surface area contributed by atoms with Gasteiger partial charge in [0.05, 0.1) is 11.4 Å². The number of thiazole rings is 1. The molecule has 26 heavy (non-hydrogen) atoms. The van der Waals surface area contributed by atoms with Crippen molar-refractivity contribution in [1.29, 1.82) is 0 Å². The van der Waals surface area contributed by atoms with Crippen molar-refractivity contribution in [2.75, 3.05) is 12.8 Å². The molecule has 0 radical (unpaired) electrons. The van der Waals surface area contributed by atoms with Crippen molar-refractivity contribution in [2.24, 2.45) is 0 Å². The van der Waals surface area contributed by atoms with Crippen molar-refractivity contribution in [1.82, 2.24) is 9.88 Å². The van der Waals surface area contributed by atoms with Crippen LogP contribution in [0.5, 0.6) is 0 Å². The molecule has 140 valence electrons. The first-order chi connectivity index (χ1) is 12.5. The number of benzene rings is 1. The number of amides is 1. The number of aromatic nitrogens is 1. The molecule has 1 fully saturated rings. The number of hydrogen-bond donors (Lipinski definition) is 0. The molecule has 1 atom stereocenters. The quantitative estimate of drug-likeness (QED) is 0.744. The van der Waals surface area contributed by atoms with Gasteiger partial charge in [-0.3, -0.25) is 9.00 Å². The molecule has 1 saturated carbocycles. The molecule has 1 amide bonds. The zero-order valence-corrected chi connectivity index (χ0v) is 17.1. The topological polar surface area (TPSA) is 50.3 Å². The van der Waals surface area contributed by atoms with Crippen LogP contribution in [-0.4, -0.2) is 38.8 Å². The molecule has 4 nitrogen and oxygen atoms in total. The van der Waals surface area contributed by atoms with Crippen LogP contribution in [0, 0.1) is 6.92 Å². The molecule has 0 unspecified atom stereocenters. The second-order valence-electron chi connectivity index (χ2n) is 7.04. The van der Waals surface area contributed by atoms with Gasteiger partial charge in [-0.1, -0.05) is 49.1 Å². The van der Waals surface area contributed by atoms with E-state index in [1.165, 1.54) is 24.8 Å². The Morgan fingerprint density at radius 1 is 1.23 bits per heavy atom. The summed E-state index contributed by atoms with van der Waals surface area (Å²) in [5, 5.41) is 2.88. The largest absolute Gasteiger partial charge is 0.342 e. The fourth-order valence-corrected chi connectivity index (χ4v) is 5.32. The van der Waals surface area contributed by atoms with Crippen molar-refractivity contribution in [2.45, 2.75) is 50.8 Å². The van der Waals surface area contributed by atoms with Gasteiger partial charge in [0.25, 0.3) is 0 Å². The summed E-state index contributed by atoms with van der Waals surface area (Å²) in [7, 11) is 0.635. The molecule has 1 aliphatic rings. The third-order valence-electron chi connectivity index (χ3n) is 4.96. The molecular weight excluding hydrogens is 364 g/mol. The van der Waals surface area contributed by atoms with E-state index in [-0.39, 0.29) is 11.7 Å². The Morgan fingerprint density at radius 3 is 2.62 bits per heavy atom. The van der Waals surface area contributed by atoms with E-state index in [9.17, 15) is 9.00 Å². The lowest BCUT2D eigenvalue weighted by atomic mass is 9.94. The molecule has 0 bridgehead atoms. The molecule has 3 rings (SSSR count). The Hall–Kier alpha value is -1.53. The Balaban J connectivity index is 1.54. The number of carbonyl (C=O) groups excluding carboxylic acids is 1. The van der Waals surface area contributed by atoms with Gasteiger partial charge < -0.3 is 4.90 Å². The highest BCUT2D eigenvalue weighted by Crippen LogP contribution is 2.25. The standard InChI is InChI=1S/C20H26N2O2S2/c1-15-8-10-16(11-9-15)20-21-17(12-25-20)13-26(24)14-19(23)22(2)18-6-4-3-5-7-18/h8-12,18H,3-7,13-14H2,1-2H3/t26-/m1/s1. The summed E-state index contributed by atoms with van der Waals surface area (Å²) >= 11 is 1.56. The lowest BCUT2D eigenvalue weighted by molar-refractivity contribution is -0.129. The number of rotatable bonds is 6. The van der Waals surface area contributed by atoms with E-state index in [0.29, 0.717) is 11.8 Å². The first kappa shape index (κ1) is 19.2. The SMILES string of the molecule is Cc1ccc(-c2nc(C[S@@](=O)CC(=O)N(C)C3CCCCC3)cs2)cc1. The zero-order valence-electron chi connectivity index (χ0n) is 15.4. The van der Waals surface area contributed by atoms with Gasteiger partial charge in [-0.15, -0.1) is 11.3 Å². The Kier molecular flexibility index (Phi) is 6.59. The predicted molar refractivity (Wildman–Crippen MR) is 109 cm³/mol. The van der Waals surface area contributed by atoms with Crippen LogP contribution in [0.4, 0.5) is 0 Å². The first-order valence-corrected chi connectivity index (χ1v) is 11.5. The van der Waals surface area contributed by atoms with Gasteiger partial charge >= 0.3 is 0 Å². The molecule has 0 N–H and O–H groups in total. The average Bonchev–Trinajstić information content (AvgIpc) is 3.10. The minimum Gasteiger partial charge on any atom is -0.342 e. The smallest absolute Gasteiger partial charge is 0.235 e. The van der Waals surface area contributed by atoms with Crippen LogP contribution < -0.4 is 0 Å². The number of hydrogen-bond acceptors (Lipinski definition) is 4. The summed E-state index contributed by atoms with van der Waals surface area (Å²) in [5.74, 6) is 0.418. The van der Waals surface area contributed by atoms with Crippen LogP contribution in [0.1, 0.15) is 43.4 Å². The summed E-state index contributed by atoms with van der Waals surface area (Å²) in [4.78, 5) is 18.8. The fraction of sp³-hybridized carbons (Fsp3) is 0.500. The highest BCUT2D eigenvalue weighted by Gasteiger charge is 2.23. The van der Waals surface area contributed by atoms with E-state index in [2.05, 4.69) is 36.2 Å². The predicted octanol–water partition coefficient (Wildman–Crippen LogP) is 4.16. The van der Waals surface area contributed by atoms with Crippen molar-refractivity contribution >= 4 is 28.0 Å². The summed E-state index contributed by atoms with van der Waals surface area (Å²) in [6.45, 7) is 2.06. The van der Waals surface area contributed by atoms with E-state index >= 15 is 0 Å². The van der Waals surface area contributed by atoms with Gasteiger partial charge in [0.15, 0.2) is 0 Å². The zero-order chi connectivity index (χ0) is 18.5. The second-order valence-corrected chi connectivity index (χ2v) is 9.35. The number of nitrogens with zero attached hydrogens (tertiary/aromatic N) is 2. The first-order valence-electron chi connectivity index (χ1n) is 9.15. The summed E-state index contributed by atoms with van der Waals surface area (Å²) in [6.07, 6.45) is 5.78. The maximum Gasteiger partial charge on any atom is 0.235 e. The highest BCUT2D eigenvalue weighted by atomic mass is 32.2. The normalized spacial score (nSPS) is 16.4. The van der Waals surface area contributed by atoms with Crippen molar-refractivity contribution in [3.05, 3.63) is 40.9 Å². The van der Waals surface area contributed by atoms with Gasteiger partial charge in [0.2, 0.25) is 5.91 Å². The molecule has 1 aromatic carbocycles. The maximum absolute atomic E-state index is 12.4.